The molecule has 0 amide bonds. The Bertz CT molecular complexity index is 811. The first-order valence-corrected chi connectivity index (χ1v) is 8.93. The standard InChI is InChI=1S/C17H15N3S2/c1-2-6-12(5-1)15-10-9-13(21-15)11-18-20-17-19-14-7-3-4-8-16(14)22-17/h1,3-5,7-12H,2,6H2,(H,19,20)/b18-11-/t12-/m0/s1. The first-order chi connectivity index (χ1) is 10.9. The summed E-state index contributed by atoms with van der Waals surface area (Å²) >= 11 is 3.43. The summed E-state index contributed by atoms with van der Waals surface area (Å²) in [6, 6.07) is 12.5. The molecule has 0 aliphatic heterocycles. The summed E-state index contributed by atoms with van der Waals surface area (Å²) in [6.45, 7) is 0. The van der Waals surface area contributed by atoms with Crippen LogP contribution in [0.3, 0.4) is 0 Å². The fourth-order valence-electron chi connectivity index (χ4n) is 2.58. The number of hydrogen-bond acceptors (Lipinski definition) is 5. The summed E-state index contributed by atoms with van der Waals surface area (Å²) in [5.74, 6) is 0.601. The van der Waals surface area contributed by atoms with Crippen molar-refractivity contribution in [1.29, 1.82) is 0 Å². The molecular weight excluding hydrogens is 310 g/mol. The van der Waals surface area contributed by atoms with Crippen molar-refractivity contribution in [3.05, 3.63) is 58.3 Å². The quantitative estimate of drug-likeness (QED) is 0.405. The first kappa shape index (κ1) is 13.7. The maximum absolute atomic E-state index is 4.50. The zero-order valence-electron chi connectivity index (χ0n) is 11.9. The maximum atomic E-state index is 4.50. The third-order valence-corrected chi connectivity index (χ3v) is 5.76. The molecule has 0 fully saturated rings. The predicted molar refractivity (Wildman–Crippen MR) is 96.3 cm³/mol. The number of fused-ring (bicyclic) bond motifs is 1. The van der Waals surface area contributed by atoms with E-state index in [-0.39, 0.29) is 0 Å². The van der Waals surface area contributed by atoms with Crippen molar-refractivity contribution in [2.24, 2.45) is 5.10 Å². The lowest BCUT2D eigenvalue weighted by Crippen LogP contribution is -1.87. The first-order valence-electron chi connectivity index (χ1n) is 7.29. The van der Waals surface area contributed by atoms with Gasteiger partial charge in [0.05, 0.1) is 16.4 Å². The topological polar surface area (TPSA) is 37.3 Å². The van der Waals surface area contributed by atoms with E-state index in [1.807, 2.05) is 35.8 Å². The second-order valence-electron chi connectivity index (χ2n) is 5.21. The summed E-state index contributed by atoms with van der Waals surface area (Å²) in [5.41, 5.74) is 4.04. The smallest absolute Gasteiger partial charge is 0.204 e. The second-order valence-corrected chi connectivity index (χ2v) is 7.39. The lowest BCUT2D eigenvalue weighted by Gasteiger charge is -2.01. The number of para-hydroxylation sites is 1. The number of hydrazone groups is 1. The SMILES string of the molecule is C1=C[C@H](c2ccc(/C=N\Nc3nc4ccccc4s3)s2)CC1. The van der Waals surface area contributed by atoms with Gasteiger partial charge in [-0.05, 0) is 37.1 Å². The van der Waals surface area contributed by atoms with Crippen LogP contribution in [-0.2, 0) is 0 Å². The molecule has 0 saturated heterocycles. The average Bonchev–Trinajstić information content (AvgIpc) is 3.27. The van der Waals surface area contributed by atoms with Gasteiger partial charge in [0.1, 0.15) is 0 Å². The Balaban J connectivity index is 1.44. The number of rotatable bonds is 4. The van der Waals surface area contributed by atoms with Crippen LogP contribution in [0, 0.1) is 0 Å². The molecule has 5 heteroatoms. The molecule has 1 aliphatic carbocycles. The van der Waals surface area contributed by atoms with E-state index in [9.17, 15) is 0 Å². The van der Waals surface area contributed by atoms with Gasteiger partial charge in [0.2, 0.25) is 5.13 Å². The summed E-state index contributed by atoms with van der Waals surface area (Å²) in [4.78, 5) is 7.10. The second kappa shape index (κ2) is 6.02. The molecule has 0 saturated carbocycles. The molecule has 0 bridgehead atoms. The highest BCUT2D eigenvalue weighted by Gasteiger charge is 2.13. The predicted octanol–water partition coefficient (Wildman–Crippen LogP) is 5.24. The number of anilines is 1. The molecule has 0 radical (unpaired) electrons. The van der Waals surface area contributed by atoms with Crippen LogP contribution in [0.1, 0.15) is 28.5 Å². The maximum Gasteiger partial charge on any atom is 0.204 e. The Kier molecular flexibility index (Phi) is 3.74. The van der Waals surface area contributed by atoms with Gasteiger partial charge in [0, 0.05) is 15.7 Å². The molecule has 1 atom stereocenters. The fourth-order valence-corrected chi connectivity index (χ4v) is 4.39. The van der Waals surface area contributed by atoms with Gasteiger partial charge in [0.15, 0.2) is 0 Å². The number of benzene rings is 1. The third kappa shape index (κ3) is 2.82. The van der Waals surface area contributed by atoms with Crippen molar-refractivity contribution >= 4 is 44.2 Å². The Morgan fingerprint density at radius 3 is 3.00 bits per heavy atom. The third-order valence-electron chi connectivity index (χ3n) is 3.67. The monoisotopic (exact) mass is 325 g/mol. The summed E-state index contributed by atoms with van der Waals surface area (Å²) in [7, 11) is 0. The van der Waals surface area contributed by atoms with Gasteiger partial charge in [-0.15, -0.1) is 11.3 Å². The van der Waals surface area contributed by atoms with Gasteiger partial charge in [-0.25, -0.2) is 4.98 Å². The minimum atomic E-state index is 0.601. The van der Waals surface area contributed by atoms with E-state index in [0.717, 1.165) is 10.6 Å². The normalized spacial score (nSPS) is 17.7. The van der Waals surface area contributed by atoms with Gasteiger partial charge in [-0.3, -0.25) is 5.43 Å². The number of nitrogens with zero attached hydrogens (tertiary/aromatic N) is 2. The number of hydrogen-bond donors (Lipinski definition) is 1. The highest BCUT2D eigenvalue weighted by Crippen LogP contribution is 2.32. The summed E-state index contributed by atoms with van der Waals surface area (Å²) in [6.07, 6.45) is 8.89. The molecule has 1 aliphatic rings. The van der Waals surface area contributed by atoms with Crippen molar-refractivity contribution in [2.45, 2.75) is 18.8 Å². The van der Waals surface area contributed by atoms with Crippen LogP contribution in [0.2, 0.25) is 0 Å². The molecule has 22 heavy (non-hydrogen) atoms. The Hall–Kier alpha value is -1.98. The van der Waals surface area contributed by atoms with E-state index in [1.165, 1.54) is 27.3 Å². The zero-order valence-corrected chi connectivity index (χ0v) is 13.5. The van der Waals surface area contributed by atoms with Crippen molar-refractivity contribution in [2.75, 3.05) is 5.43 Å². The Morgan fingerprint density at radius 1 is 1.18 bits per heavy atom. The number of nitrogens with one attached hydrogen (secondary N) is 1. The summed E-state index contributed by atoms with van der Waals surface area (Å²) < 4.78 is 1.17. The largest absolute Gasteiger partial charge is 0.253 e. The molecule has 4 rings (SSSR count). The zero-order chi connectivity index (χ0) is 14.8. The molecular formula is C17H15N3S2. The Labute approximate surface area is 137 Å². The van der Waals surface area contributed by atoms with Crippen LogP contribution in [0.15, 0.2) is 53.7 Å². The molecule has 110 valence electrons. The summed E-state index contributed by atoms with van der Waals surface area (Å²) in [5, 5.41) is 5.14. The fraction of sp³-hybridized carbons (Fsp3) is 0.176. The number of allylic oxidation sites excluding steroid dienone is 2. The van der Waals surface area contributed by atoms with E-state index in [2.05, 4.69) is 45.9 Å². The molecule has 0 unspecified atom stereocenters. The Morgan fingerprint density at radius 2 is 2.14 bits per heavy atom. The van der Waals surface area contributed by atoms with Crippen LogP contribution in [0.5, 0.6) is 0 Å². The van der Waals surface area contributed by atoms with Crippen molar-refractivity contribution < 1.29 is 0 Å². The highest BCUT2D eigenvalue weighted by atomic mass is 32.1. The molecule has 1 aromatic carbocycles. The van der Waals surface area contributed by atoms with Gasteiger partial charge >= 0.3 is 0 Å². The molecule has 3 aromatic rings. The lowest BCUT2D eigenvalue weighted by molar-refractivity contribution is 0.815. The van der Waals surface area contributed by atoms with Crippen LogP contribution in [0.25, 0.3) is 10.2 Å². The molecule has 2 aromatic heterocycles. The minimum absolute atomic E-state index is 0.601. The molecule has 2 heterocycles. The number of thiazole rings is 1. The van der Waals surface area contributed by atoms with E-state index in [0.29, 0.717) is 5.92 Å². The molecule has 0 spiro atoms. The van der Waals surface area contributed by atoms with Gasteiger partial charge in [0.25, 0.3) is 0 Å². The van der Waals surface area contributed by atoms with Crippen LogP contribution >= 0.6 is 22.7 Å². The van der Waals surface area contributed by atoms with E-state index in [1.54, 1.807) is 11.3 Å². The van der Waals surface area contributed by atoms with Gasteiger partial charge in [-0.1, -0.05) is 35.6 Å². The number of aromatic nitrogens is 1. The van der Waals surface area contributed by atoms with Gasteiger partial charge < -0.3 is 0 Å². The molecule has 1 N–H and O–H groups in total. The highest BCUT2D eigenvalue weighted by molar-refractivity contribution is 7.22. The van der Waals surface area contributed by atoms with Crippen LogP contribution < -0.4 is 5.43 Å². The lowest BCUT2D eigenvalue weighted by atomic mass is 10.1. The average molecular weight is 325 g/mol. The van der Waals surface area contributed by atoms with Crippen LogP contribution in [0.4, 0.5) is 5.13 Å². The van der Waals surface area contributed by atoms with E-state index >= 15 is 0 Å². The van der Waals surface area contributed by atoms with Crippen molar-refractivity contribution in [3.63, 3.8) is 0 Å². The minimum Gasteiger partial charge on any atom is -0.253 e. The van der Waals surface area contributed by atoms with Gasteiger partial charge in [-0.2, -0.15) is 5.10 Å². The number of thiophene rings is 1. The molecule has 3 nitrogen and oxygen atoms in total. The van der Waals surface area contributed by atoms with Crippen molar-refractivity contribution in [3.8, 4) is 0 Å². The van der Waals surface area contributed by atoms with E-state index < -0.39 is 0 Å². The van der Waals surface area contributed by atoms with Crippen LogP contribution in [-0.4, -0.2) is 11.2 Å². The van der Waals surface area contributed by atoms with E-state index in [4.69, 9.17) is 0 Å². The van der Waals surface area contributed by atoms with Crippen molar-refractivity contribution in [1.82, 2.24) is 4.98 Å².